The minimum atomic E-state index is 0.306. The molecule has 0 aromatic rings. The Labute approximate surface area is 117 Å². The predicted octanol–water partition coefficient (Wildman–Crippen LogP) is 2.60. The van der Waals surface area contributed by atoms with E-state index in [4.69, 9.17) is 9.47 Å². The third kappa shape index (κ3) is 2.98. The molecule has 0 spiro atoms. The lowest BCUT2D eigenvalue weighted by atomic mass is 9.55. The zero-order valence-electron chi connectivity index (χ0n) is 12.5. The molecule has 0 amide bonds. The molecule has 1 heterocycles. The molecule has 3 nitrogen and oxygen atoms in total. The average molecular weight is 267 g/mol. The Kier molecular flexibility index (Phi) is 4.16. The Morgan fingerprint density at radius 1 is 1.26 bits per heavy atom. The fraction of sp³-hybridized carbons (Fsp3) is 1.00. The van der Waals surface area contributed by atoms with Crippen LogP contribution in [0.15, 0.2) is 0 Å². The van der Waals surface area contributed by atoms with Crippen molar-refractivity contribution in [2.45, 2.75) is 58.1 Å². The Balaban J connectivity index is 1.32. The van der Waals surface area contributed by atoms with Crippen LogP contribution in [0.1, 0.15) is 46.0 Å². The van der Waals surface area contributed by atoms with Crippen molar-refractivity contribution in [3.8, 4) is 0 Å². The zero-order chi connectivity index (χ0) is 13.3. The van der Waals surface area contributed by atoms with Crippen LogP contribution in [-0.2, 0) is 9.47 Å². The van der Waals surface area contributed by atoms with Crippen molar-refractivity contribution in [3.63, 3.8) is 0 Å². The first-order valence-electron chi connectivity index (χ1n) is 8.12. The lowest BCUT2D eigenvalue weighted by Crippen LogP contribution is -2.69. The van der Waals surface area contributed by atoms with Crippen molar-refractivity contribution in [1.29, 1.82) is 0 Å². The van der Waals surface area contributed by atoms with Gasteiger partial charge in [-0.2, -0.15) is 0 Å². The number of ether oxygens (including phenoxy) is 2. The van der Waals surface area contributed by atoms with Gasteiger partial charge < -0.3 is 14.8 Å². The van der Waals surface area contributed by atoms with Gasteiger partial charge in [0, 0.05) is 37.2 Å². The molecular weight excluding hydrogens is 238 g/mol. The standard InChI is InChI=1S/C16H29NO2/c1-16(2)14(13-5-3-10-19-15(13)16)17-8-4-9-18-11-12-6-7-12/h12-15,17H,3-11H2,1-2H3. The molecule has 0 bridgehead atoms. The lowest BCUT2D eigenvalue weighted by molar-refractivity contribution is -0.192. The van der Waals surface area contributed by atoms with Gasteiger partial charge in [0.15, 0.2) is 0 Å². The van der Waals surface area contributed by atoms with E-state index in [1.54, 1.807) is 0 Å². The predicted molar refractivity (Wildman–Crippen MR) is 76.2 cm³/mol. The number of nitrogens with one attached hydrogen (secondary N) is 1. The molecule has 3 aliphatic rings. The van der Waals surface area contributed by atoms with Gasteiger partial charge in [0.2, 0.25) is 0 Å². The van der Waals surface area contributed by atoms with E-state index in [2.05, 4.69) is 19.2 Å². The van der Waals surface area contributed by atoms with Crippen LogP contribution in [0, 0.1) is 17.3 Å². The summed E-state index contributed by atoms with van der Waals surface area (Å²) in [6.07, 6.45) is 6.97. The molecule has 3 heteroatoms. The highest BCUT2D eigenvalue weighted by atomic mass is 16.5. The topological polar surface area (TPSA) is 30.5 Å². The first kappa shape index (κ1) is 13.8. The SMILES string of the molecule is CC1(C)C(NCCCOCC2CC2)C2CCCOC21. The minimum absolute atomic E-state index is 0.306. The molecule has 3 rings (SSSR count). The Morgan fingerprint density at radius 3 is 2.89 bits per heavy atom. The molecule has 2 saturated carbocycles. The number of hydrogen-bond acceptors (Lipinski definition) is 3. The number of hydrogen-bond donors (Lipinski definition) is 1. The maximum Gasteiger partial charge on any atom is 0.0684 e. The first-order valence-corrected chi connectivity index (χ1v) is 8.12. The molecule has 0 aromatic heterocycles. The Hall–Kier alpha value is -0.120. The van der Waals surface area contributed by atoms with E-state index >= 15 is 0 Å². The van der Waals surface area contributed by atoms with Crippen LogP contribution in [0.4, 0.5) is 0 Å². The highest BCUT2D eigenvalue weighted by Crippen LogP contribution is 2.51. The fourth-order valence-electron chi connectivity index (χ4n) is 3.90. The minimum Gasteiger partial charge on any atom is -0.381 e. The van der Waals surface area contributed by atoms with Crippen LogP contribution in [0.25, 0.3) is 0 Å². The second-order valence-electron chi connectivity index (χ2n) is 7.22. The molecule has 110 valence electrons. The van der Waals surface area contributed by atoms with Gasteiger partial charge in [-0.05, 0) is 44.6 Å². The second-order valence-corrected chi connectivity index (χ2v) is 7.22. The van der Waals surface area contributed by atoms with Gasteiger partial charge in [-0.25, -0.2) is 0 Å². The average Bonchev–Trinajstić information content (AvgIpc) is 3.21. The molecule has 1 N–H and O–H groups in total. The summed E-state index contributed by atoms with van der Waals surface area (Å²) in [4.78, 5) is 0. The highest BCUT2D eigenvalue weighted by Gasteiger charge is 2.57. The summed E-state index contributed by atoms with van der Waals surface area (Å²) in [5.41, 5.74) is 0.306. The fourth-order valence-corrected chi connectivity index (χ4v) is 3.90. The third-order valence-corrected chi connectivity index (χ3v) is 5.21. The number of rotatable bonds is 7. The van der Waals surface area contributed by atoms with Crippen molar-refractivity contribution in [2.24, 2.45) is 17.3 Å². The van der Waals surface area contributed by atoms with Crippen LogP contribution in [0.3, 0.4) is 0 Å². The zero-order valence-corrected chi connectivity index (χ0v) is 12.5. The van der Waals surface area contributed by atoms with Crippen LogP contribution in [-0.4, -0.2) is 38.5 Å². The quantitative estimate of drug-likeness (QED) is 0.719. The number of fused-ring (bicyclic) bond motifs is 1. The molecule has 19 heavy (non-hydrogen) atoms. The summed E-state index contributed by atoms with van der Waals surface area (Å²) in [7, 11) is 0. The summed E-state index contributed by atoms with van der Waals surface area (Å²) in [5, 5.41) is 3.75. The molecule has 0 aromatic carbocycles. The molecule has 0 radical (unpaired) electrons. The van der Waals surface area contributed by atoms with Gasteiger partial charge in [0.1, 0.15) is 0 Å². The lowest BCUT2D eigenvalue weighted by Gasteiger charge is -2.60. The molecule has 3 unspecified atom stereocenters. The van der Waals surface area contributed by atoms with E-state index in [1.165, 1.54) is 25.7 Å². The first-order chi connectivity index (χ1) is 9.19. The van der Waals surface area contributed by atoms with Gasteiger partial charge in [-0.3, -0.25) is 0 Å². The van der Waals surface area contributed by atoms with Crippen molar-refractivity contribution >= 4 is 0 Å². The van der Waals surface area contributed by atoms with Gasteiger partial charge in [-0.15, -0.1) is 0 Å². The van der Waals surface area contributed by atoms with E-state index in [0.29, 0.717) is 17.6 Å². The molecule has 1 aliphatic heterocycles. The highest BCUT2D eigenvalue weighted by molar-refractivity contribution is 5.10. The van der Waals surface area contributed by atoms with Gasteiger partial charge in [0.05, 0.1) is 6.10 Å². The van der Waals surface area contributed by atoms with Gasteiger partial charge in [0.25, 0.3) is 0 Å². The van der Waals surface area contributed by atoms with E-state index in [0.717, 1.165) is 44.6 Å². The van der Waals surface area contributed by atoms with Crippen molar-refractivity contribution in [2.75, 3.05) is 26.4 Å². The van der Waals surface area contributed by atoms with Crippen LogP contribution < -0.4 is 5.32 Å². The Bertz CT molecular complexity index is 301. The summed E-state index contributed by atoms with van der Waals surface area (Å²) in [5.74, 6) is 1.63. The monoisotopic (exact) mass is 267 g/mol. The Morgan fingerprint density at radius 2 is 2.11 bits per heavy atom. The molecule has 3 fully saturated rings. The smallest absolute Gasteiger partial charge is 0.0684 e. The van der Waals surface area contributed by atoms with Gasteiger partial charge >= 0.3 is 0 Å². The second kappa shape index (κ2) is 5.71. The molecule has 1 saturated heterocycles. The molecule has 3 atom stereocenters. The van der Waals surface area contributed by atoms with Crippen molar-refractivity contribution in [3.05, 3.63) is 0 Å². The van der Waals surface area contributed by atoms with E-state index in [1.807, 2.05) is 0 Å². The van der Waals surface area contributed by atoms with E-state index in [-0.39, 0.29) is 0 Å². The maximum absolute atomic E-state index is 5.94. The molecule has 2 aliphatic carbocycles. The third-order valence-electron chi connectivity index (χ3n) is 5.21. The van der Waals surface area contributed by atoms with Crippen molar-refractivity contribution in [1.82, 2.24) is 5.32 Å². The van der Waals surface area contributed by atoms with Crippen LogP contribution >= 0.6 is 0 Å². The van der Waals surface area contributed by atoms with E-state index < -0.39 is 0 Å². The van der Waals surface area contributed by atoms with Crippen molar-refractivity contribution < 1.29 is 9.47 Å². The summed E-state index contributed by atoms with van der Waals surface area (Å²) in [6.45, 7) is 8.66. The largest absolute Gasteiger partial charge is 0.381 e. The normalized spacial score (nSPS) is 36.6. The summed E-state index contributed by atoms with van der Waals surface area (Å²) >= 11 is 0. The van der Waals surface area contributed by atoms with Crippen LogP contribution in [0.2, 0.25) is 0 Å². The van der Waals surface area contributed by atoms with Crippen LogP contribution in [0.5, 0.6) is 0 Å². The van der Waals surface area contributed by atoms with Gasteiger partial charge in [-0.1, -0.05) is 13.8 Å². The summed E-state index contributed by atoms with van der Waals surface area (Å²) < 4.78 is 11.6. The summed E-state index contributed by atoms with van der Waals surface area (Å²) in [6, 6.07) is 0.640. The maximum atomic E-state index is 5.94. The molecular formula is C16H29NO2. The van der Waals surface area contributed by atoms with E-state index in [9.17, 15) is 0 Å².